The van der Waals surface area contributed by atoms with Gasteiger partial charge in [0.15, 0.2) is 0 Å². The number of esters is 1. The minimum atomic E-state index is -0.975. The third-order valence-corrected chi connectivity index (χ3v) is 5.00. The molecule has 0 aliphatic carbocycles. The maximum absolute atomic E-state index is 12.3. The molecule has 1 atom stereocenters. The van der Waals surface area contributed by atoms with Gasteiger partial charge in [-0.05, 0) is 12.5 Å². The summed E-state index contributed by atoms with van der Waals surface area (Å²) in [4.78, 5) is 24.6. The number of ether oxygens (including phenoxy) is 1. The first-order valence-electron chi connectivity index (χ1n) is 7.64. The zero-order valence-electron chi connectivity index (χ0n) is 14.2. The minimum Gasteiger partial charge on any atom is -0.468 e. The monoisotopic (exact) mass is 347 g/mol. The van der Waals surface area contributed by atoms with Crippen LogP contribution in [0.2, 0.25) is 0 Å². The van der Waals surface area contributed by atoms with Crippen LogP contribution in [0.15, 0.2) is 30.3 Å². The molecule has 1 N–H and O–H groups in total. The molecule has 0 fully saturated rings. The Labute approximate surface area is 145 Å². The summed E-state index contributed by atoms with van der Waals surface area (Å²) in [7, 11) is 1.34. The maximum atomic E-state index is 12.3. The van der Waals surface area contributed by atoms with Crippen molar-refractivity contribution in [3.63, 3.8) is 0 Å². The fraction of sp³-hybridized carbons (Fsp3) is 0.412. The Morgan fingerprint density at radius 1 is 1.25 bits per heavy atom. The molecule has 0 saturated heterocycles. The molecule has 0 spiro atoms. The van der Waals surface area contributed by atoms with E-state index >= 15 is 0 Å². The fourth-order valence-electron chi connectivity index (χ4n) is 2.22. The molecule has 0 bridgehead atoms. The largest absolute Gasteiger partial charge is 0.468 e. The third kappa shape index (κ3) is 3.79. The highest BCUT2D eigenvalue weighted by atomic mass is 32.1. The van der Waals surface area contributed by atoms with Gasteiger partial charge in [-0.25, -0.2) is 0 Å². The lowest BCUT2D eigenvalue weighted by Gasteiger charge is -2.27. The van der Waals surface area contributed by atoms with E-state index < -0.39 is 11.4 Å². The van der Waals surface area contributed by atoms with Crippen molar-refractivity contribution in [1.82, 2.24) is 15.5 Å². The highest BCUT2D eigenvalue weighted by Crippen LogP contribution is 2.25. The summed E-state index contributed by atoms with van der Waals surface area (Å²) >= 11 is 1.26. The number of nitrogens with zero attached hydrogens (tertiary/aromatic N) is 2. The quantitative estimate of drug-likeness (QED) is 0.812. The molecule has 1 aromatic heterocycles. The van der Waals surface area contributed by atoms with E-state index in [2.05, 4.69) is 15.5 Å². The van der Waals surface area contributed by atoms with Crippen molar-refractivity contribution in [2.45, 2.75) is 32.1 Å². The average molecular weight is 347 g/mol. The molecule has 1 heterocycles. The van der Waals surface area contributed by atoms with Crippen LogP contribution in [-0.2, 0) is 14.9 Å². The van der Waals surface area contributed by atoms with Crippen molar-refractivity contribution in [3.05, 3.63) is 45.9 Å². The number of aromatic nitrogens is 2. The van der Waals surface area contributed by atoms with Crippen molar-refractivity contribution in [2.75, 3.05) is 13.7 Å². The number of carbonyl (C=O) groups is 2. The number of carbonyl (C=O) groups excluding carboxylic acids is 2. The van der Waals surface area contributed by atoms with Crippen molar-refractivity contribution in [1.29, 1.82) is 0 Å². The van der Waals surface area contributed by atoms with E-state index in [1.165, 1.54) is 18.4 Å². The van der Waals surface area contributed by atoms with E-state index in [0.717, 1.165) is 10.6 Å². The second-order valence-corrected chi connectivity index (χ2v) is 6.98. The van der Waals surface area contributed by atoms with Gasteiger partial charge >= 0.3 is 5.97 Å². The third-order valence-electron chi connectivity index (χ3n) is 3.78. The van der Waals surface area contributed by atoms with Crippen LogP contribution in [0.1, 0.15) is 47.1 Å². The summed E-state index contributed by atoms with van der Waals surface area (Å²) in [6, 6.07) is 9.24. The topological polar surface area (TPSA) is 81.2 Å². The Hall–Kier alpha value is -2.28. The van der Waals surface area contributed by atoms with Gasteiger partial charge in [0, 0.05) is 12.5 Å². The van der Waals surface area contributed by atoms with Crippen LogP contribution in [0.5, 0.6) is 0 Å². The molecular weight excluding hydrogens is 326 g/mol. The van der Waals surface area contributed by atoms with Crippen LogP contribution >= 0.6 is 11.3 Å². The second-order valence-electron chi connectivity index (χ2n) is 5.97. The van der Waals surface area contributed by atoms with Gasteiger partial charge in [-0.2, -0.15) is 0 Å². The first-order chi connectivity index (χ1) is 11.4. The Morgan fingerprint density at radius 3 is 2.46 bits per heavy atom. The fourth-order valence-corrected chi connectivity index (χ4v) is 2.98. The van der Waals surface area contributed by atoms with Gasteiger partial charge in [-0.1, -0.05) is 55.5 Å². The molecule has 6 nitrogen and oxygen atoms in total. The number of amides is 1. The van der Waals surface area contributed by atoms with E-state index in [0.29, 0.717) is 5.01 Å². The number of benzene rings is 1. The predicted octanol–water partition coefficient (Wildman–Crippen LogP) is 2.52. The highest BCUT2D eigenvalue weighted by Gasteiger charge is 2.37. The van der Waals surface area contributed by atoms with Crippen LogP contribution in [0.25, 0.3) is 0 Å². The van der Waals surface area contributed by atoms with Crippen LogP contribution < -0.4 is 5.32 Å². The molecule has 0 saturated carbocycles. The molecule has 2 rings (SSSR count). The summed E-state index contributed by atoms with van der Waals surface area (Å²) in [5.41, 5.74) is -0.200. The van der Waals surface area contributed by atoms with Gasteiger partial charge < -0.3 is 10.1 Å². The number of nitrogens with one attached hydrogen (secondary N) is 1. The van der Waals surface area contributed by atoms with Crippen molar-refractivity contribution < 1.29 is 14.3 Å². The first kappa shape index (κ1) is 18.1. The number of hydrogen-bond donors (Lipinski definition) is 1. The molecule has 0 aliphatic heterocycles. The predicted molar refractivity (Wildman–Crippen MR) is 92.1 cm³/mol. The molecular formula is C17H21N3O3S. The second kappa shape index (κ2) is 7.53. The van der Waals surface area contributed by atoms with Gasteiger partial charge in [0.05, 0.1) is 7.11 Å². The summed E-state index contributed by atoms with van der Waals surface area (Å²) in [5.74, 6) is -0.534. The molecule has 1 amide bonds. The summed E-state index contributed by atoms with van der Waals surface area (Å²) in [6.07, 6.45) is 0. The van der Waals surface area contributed by atoms with Crippen LogP contribution in [0.3, 0.4) is 0 Å². The Morgan fingerprint density at radius 2 is 1.92 bits per heavy atom. The molecule has 2 aromatic rings. The summed E-state index contributed by atoms with van der Waals surface area (Å²) < 4.78 is 4.93. The molecule has 0 radical (unpaired) electrons. The van der Waals surface area contributed by atoms with Crippen LogP contribution in [0.4, 0.5) is 0 Å². The van der Waals surface area contributed by atoms with Crippen LogP contribution in [0, 0.1) is 0 Å². The van der Waals surface area contributed by atoms with E-state index in [1.54, 1.807) is 6.92 Å². The summed E-state index contributed by atoms with van der Waals surface area (Å²) in [5, 5.41) is 11.8. The maximum Gasteiger partial charge on any atom is 0.317 e. The highest BCUT2D eigenvalue weighted by molar-refractivity contribution is 7.13. The number of hydrogen-bond acceptors (Lipinski definition) is 6. The SMILES string of the molecule is COC(=O)[C@@](C)(CNC(=O)c1nnc(C(C)C)s1)c1ccccc1. The Kier molecular flexibility index (Phi) is 5.66. The number of rotatable bonds is 6. The van der Waals surface area contributed by atoms with Gasteiger partial charge in [0.25, 0.3) is 5.91 Å². The molecule has 128 valence electrons. The Bertz CT molecular complexity index is 715. The smallest absolute Gasteiger partial charge is 0.317 e. The standard InChI is InChI=1S/C17H21N3O3S/c1-11(2)14-19-20-15(24-14)13(21)18-10-17(3,16(22)23-4)12-8-6-5-7-9-12/h5-9,11H,10H2,1-4H3,(H,18,21)/t17-/m0/s1. The van der Waals surface area contributed by atoms with E-state index in [9.17, 15) is 9.59 Å². The average Bonchev–Trinajstić information content (AvgIpc) is 3.10. The lowest BCUT2D eigenvalue weighted by Crippen LogP contribution is -2.45. The first-order valence-corrected chi connectivity index (χ1v) is 8.45. The molecule has 0 unspecified atom stereocenters. The van der Waals surface area contributed by atoms with Gasteiger partial charge in [-0.3, -0.25) is 9.59 Å². The molecule has 0 aliphatic rings. The Balaban J connectivity index is 2.16. The lowest BCUT2D eigenvalue weighted by atomic mass is 9.82. The van der Waals surface area contributed by atoms with E-state index in [-0.39, 0.29) is 18.4 Å². The number of methoxy groups -OCH3 is 1. The molecule has 24 heavy (non-hydrogen) atoms. The summed E-state index contributed by atoms with van der Waals surface area (Å²) in [6.45, 7) is 5.84. The van der Waals surface area contributed by atoms with Gasteiger partial charge in [0.2, 0.25) is 5.01 Å². The van der Waals surface area contributed by atoms with Crippen molar-refractivity contribution in [2.24, 2.45) is 0 Å². The molecule has 1 aromatic carbocycles. The lowest BCUT2D eigenvalue weighted by molar-refractivity contribution is -0.146. The van der Waals surface area contributed by atoms with Crippen molar-refractivity contribution >= 4 is 23.2 Å². The molecule has 7 heteroatoms. The van der Waals surface area contributed by atoms with E-state index in [1.807, 2.05) is 44.2 Å². The van der Waals surface area contributed by atoms with E-state index in [4.69, 9.17) is 4.74 Å². The minimum absolute atomic E-state index is 0.110. The zero-order valence-corrected chi connectivity index (χ0v) is 15.0. The van der Waals surface area contributed by atoms with Crippen molar-refractivity contribution in [3.8, 4) is 0 Å². The van der Waals surface area contributed by atoms with Gasteiger partial charge in [0.1, 0.15) is 10.4 Å². The normalized spacial score (nSPS) is 13.4. The zero-order chi connectivity index (χ0) is 17.7. The van der Waals surface area contributed by atoms with Gasteiger partial charge in [-0.15, -0.1) is 10.2 Å². The van der Waals surface area contributed by atoms with Crippen LogP contribution in [-0.4, -0.2) is 35.7 Å².